The van der Waals surface area contributed by atoms with Crippen molar-refractivity contribution in [2.24, 2.45) is 0 Å². The van der Waals surface area contributed by atoms with Crippen molar-refractivity contribution in [3.05, 3.63) is 45.9 Å². The number of Topliss-reactive ketones (excluding diaryl/α,β-unsaturated/α-hetero) is 1. The number of anilines is 2. The van der Waals surface area contributed by atoms with Crippen LogP contribution in [0, 0.1) is 0 Å². The van der Waals surface area contributed by atoms with Gasteiger partial charge in [-0.05, 0) is 57.9 Å². The topological polar surface area (TPSA) is 74.0 Å². The summed E-state index contributed by atoms with van der Waals surface area (Å²) < 4.78 is 16.4. The number of allylic oxidation sites excluding steroid dienone is 1. The van der Waals surface area contributed by atoms with E-state index in [0.717, 1.165) is 11.3 Å². The summed E-state index contributed by atoms with van der Waals surface area (Å²) in [6.45, 7) is 0. The Labute approximate surface area is 167 Å². The number of halogens is 1. The van der Waals surface area contributed by atoms with Gasteiger partial charge in [-0.25, -0.2) is 0 Å². The first-order valence-electron chi connectivity index (χ1n) is 8.11. The Morgan fingerprint density at radius 1 is 1.04 bits per heavy atom. The van der Waals surface area contributed by atoms with Crippen LogP contribution < -0.4 is 24.8 Å². The maximum atomic E-state index is 12.7. The Morgan fingerprint density at radius 3 is 2.07 bits per heavy atom. The maximum Gasteiger partial charge on any atom is 0.203 e. The van der Waals surface area contributed by atoms with E-state index in [1.807, 2.05) is 25.1 Å². The Balaban J connectivity index is 2.39. The van der Waals surface area contributed by atoms with Crippen LogP contribution in [0.5, 0.6) is 17.2 Å². The van der Waals surface area contributed by atoms with Crippen LogP contribution in [-0.2, 0) is 0 Å². The lowest BCUT2D eigenvalue weighted by atomic mass is 10.1. The van der Waals surface area contributed by atoms with Crippen LogP contribution in [-0.4, -0.2) is 41.2 Å². The number of hydrogen-bond acceptors (Lipinski definition) is 6. The average Bonchev–Trinajstić information content (AvgIpc) is 2.65. The lowest BCUT2D eigenvalue weighted by molar-refractivity contribution is 0.104. The van der Waals surface area contributed by atoms with E-state index in [1.54, 1.807) is 44.6 Å². The highest BCUT2D eigenvalue weighted by molar-refractivity contribution is 9.12. The van der Waals surface area contributed by atoms with Crippen molar-refractivity contribution in [3.63, 3.8) is 0 Å². The molecule has 7 heteroatoms. The van der Waals surface area contributed by atoms with E-state index in [4.69, 9.17) is 19.9 Å². The fraction of sp³-hybridized carbons (Fsp3) is 0.250. The van der Waals surface area contributed by atoms with Crippen molar-refractivity contribution in [2.75, 3.05) is 46.1 Å². The molecule has 0 spiro atoms. The molecule has 27 heavy (non-hydrogen) atoms. The zero-order valence-corrected chi connectivity index (χ0v) is 17.6. The number of benzene rings is 2. The molecule has 2 aromatic rings. The third kappa shape index (κ3) is 4.54. The zero-order chi connectivity index (χ0) is 20.1. The number of hydrogen-bond donors (Lipinski definition) is 1. The van der Waals surface area contributed by atoms with Gasteiger partial charge in [-0.1, -0.05) is 0 Å². The van der Waals surface area contributed by atoms with E-state index in [1.165, 1.54) is 7.11 Å². The van der Waals surface area contributed by atoms with Crippen LogP contribution in [0.2, 0.25) is 0 Å². The fourth-order valence-electron chi connectivity index (χ4n) is 2.64. The number of methoxy groups -OCH3 is 3. The molecule has 2 aromatic carbocycles. The van der Waals surface area contributed by atoms with Gasteiger partial charge in [-0.2, -0.15) is 0 Å². The normalized spacial score (nSPS) is 11.1. The SMILES string of the molecule is COc1cc(/C=C(/Br)C(=O)c2ccc(N(C)C)c(N)c2)cc(OC)c1OC. The monoisotopic (exact) mass is 434 g/mol. The molecule has 0 bridgehead atoms. The Kier molecular flexibility index (Phi) is 6.74. The predicted octanol–water partition coefficient (Wildman–Crippen LogP) is 3.98. The van der Waals surface area contributed by atoms with Gasteiger partial charge in [0.25, 0.3) is 0 Å². The third-order valence-electron chi connectivity index (χ3n) is 3.97. The number of nitrogens with zero attached hydrogens (tertiary/aromatic N) is 1. The maximum absolute atomic E-state index is 12.7. The summed E-state index contributed by atoms with van der Waals surface area (Å²) >= 11 is 3.36. The van der Waals surface area contributed by atoms with E-state index in [-0.39, 0.29) is 5.78 Å². The lowest BCUT2D eigenvalue weighted by Gasteiger charge is -2.15. The van der Waals surface area contributed by atoms with Gasteiger partial charge in [0, 0.05) is 19.7 Å². The van der Waals surface area contributed by atoms with Crippen molar-refractivity contribution in [1.82, 2.24) is 0 Å². The number of carbonyl (C=O) groups is 1. The quantitative estimate of drug-likeness (QED) is 0.403. The molecule has 0 saturated heterocycles. The molecule has 2 rings (SSSR count). The molecule has 0 saturated carbocycles. The first-order chi connectivity index (χ1) is 12.8. The number of ether oxygens (including phenoxy) is 3. The highest BCUT2D eigenvalue weighted by Crippen LogP contribution is 2.39. The van der Waals surface area contributed by atoms with E-state index in [0.29, 0.717) is 33.0 Å². The summed E-state index contributed by atoms with van der Waals surface area (Å²) in [6.07, 6.45) is 1.70. The summed E-state index contributed by atoms with van der Waals surface area (Å²) in [4.78, 5) is 14.6. The van der Waals surface area contributed by atoms with Crippen molar-refractivity contribution in [1.29, 1.82) is 0 Å². The van der Waals surface area contributed by atoms with Crippen molar-refractivity contribution < 1.29 is 19.0 Å². The van der Waals surface area contributed by atoms with Gasteiger partial charge in [0.2, 0.25) is 5.75 Å². The number of carbonyl (C=O) groups excluding carboxylic acids is 1. The first-order valence-corrected chi connectivity index (χ1v) is 8.90. The summed E-state index contributed by atoms with van der Waals surface area (Å²) in [6, 6.07) is 8.77. The second-order valence-electron chi connectivity index (χ2n) is 5.95. The zero-order valence-electron chi connectivity index (χ0n) is 16.0. The number of rotatable bonds is 7. The minimum absolute atomic E-state index is 0.180. The molecular formula is C20H23BrN2O4. The third-order valence-corrected chi connectivity index (χ3v) is 4.56. The molecule has 0 aliphatic rings. The number of nitrogen functional groups attached to an aromatic ring is 1. The van der Waals surface area contributed by atoms with E-state index >= 15 is 0 Å². The second kappa shape index (κ2) is 8.81. The average molecular weight is 435 g/mol. The molecule has 2 N–H and O–H groups in total. The molecule has 144 valence electrons. The van der Waals surface area contributed by atoms with Crippen LogP contribution in [0.3, 0.4) is 0 Å². The fourth-order valence-corrected chi connectivity index (χ4v) is 3.13. The molecule has 0 aliphatic heterocycles. The molecule has 0 radical (unpaired) electrons. The van der Waals surface area contributed by atoms with E-state index in [9.17, 15) is 4.79 Å². The minimum Gasteiger partial charge on any atom is -0.493 e. The van der Waals surface area contributed by atoms with Crippen molar-refractivity contribution >= 4 is 39.2 Å². The van der Waals surface area contributed by atoms with Crippen molar-refractivity contribution in [3.8, 4) is 17.2 Å². The second-order valence-corrected chi connectivity index (χ2v) is 6.80. The number of nitrogens with two attached hydrogens (primary N) is 1. The van der Waals surface area contributed by atoms with Gasteiger partial charge in [-0.15, -0.1) is 0 Å². The largest absolute Gasteiger partial charge is 0.493 e. The summed E-state index contributed by atoms with van der Waals surface area (Å²) in [5.74, 6) is 1.33. The van der Waals surface area contributed by atoms with Crippen molar-refractivity contribution in [2.45, 2.75) is 0 Å². The Morgan fingerprint density at radius 2 is 1.63 bits per heavy atom. The molecule has 0 aromatic heterocycles. The molecular weight excluding hydrogens is 412 g/mol. The van der Waals surface area contributed by atoms with Crippen LogP contribution in [0.4, 0.5) is 11.4 Å². The molecule has 0 aliphatic carbocycles. The van der Waals surface area contributed by atoms with Gasteiger partial charge >= 0.3 is 0 Å². The molecule has 0 atom stereocenters. The van der Waals surface area contributed by atoms with Gasteiger partial charge in [0.15, 0.2) is 17.3 Å². The minimum atomic E-state index is -0.180. The van der Waals surface area contributed by atoms with Crippen LogP contribution >= 0.6 is 15.9 Å². The molecule has 6 nitrogen and oxygen atoms in total. The predicted molar refractivity (Wildman–Crippen MR) is 113 cm³/mol. The van der Waals surface area contributed by atoms with Crippen LogP contribution in [0.25, 0.3) is 6.08 Å². The molecule has 0 unspecified atom stereocenters. The molecule has 0 amide bonds. The first kappa shape index (κ1) is 20.6. The highest BCUT2D eigenvalue weighted by atomic mass is 79.9. The van der Waals surface area contributed by atoms with Gasteiger partial charge in [-0.3, -0.25) is 4.79 Å². The summed E-state index contributed by atoms with van der Waals surface area (Å²) in [7, 11) is 8.41. The summed E-state index contributed by atoms with van der Waals surface area (Å²) in [5.41, 5.74) is 8.66. The Hall–Kier alpha value is -2.67. The summed E-state index contributed by atoms with van der Waals surface area (Å²) in [5, 5.41) is 0. The smallest absolute Gasteiger partial charge is 0.203 e. The standard InChI is InChI=1S/C20H23BrN2O4/c1-23(2)16-7-6-13(11-15(16)22)19(24)14(21)8-12-9-17(25-3)20(27-5)18(10-12)26-4/h6-11H,22H2,1-5H3/b14-8+. The van der Waals surface area contributed by atoms with Crippen LogP contribution in [0.15, 0.2) is 34.8 Å². The van der Waals surface area contributed by atoms with E-state index in [2.05, 4.69) is 15.9 Å². The van der Waals surface area contributed by atoms with Crippen LogP contribution in [0.1, 0.15) is 15.9 Å². The van der Waals surface area contributed by atoms with Gasteiger partial charge < -0.3 is 24.8 Å². The van der Waals surface area contributed by atoms with Gasteiger partial charge in [0.1, 0.15) is 0 Å². The Bertz CT molecular complexity index is 853. The molecule has 0 heterocycles. The number of ketones is 1. The molecule has 0 fully saturated rings. The lowest BCUT2D eigenvalue weighted by Crippen LogP contribution is -2.12. The van der Waals surface area contributed by atoms with E-state index < -0.39 is 0 Å². The highest BCUT2D eigenvalue weighted by Gasteiger charge is 2.15. The van der Waals surface area contributed by atoms with Gasteiger partial charge in [0.05, 0.1) is 37.2 Å².